The third-order valence-electron chi connectivity index (χ3n) is 3.82. The molecule has 0 amide bonds. The van der Waals surface area contributed by atoms with Crippen LogP contribution in [-0.2, 0) is 19.6 Å². The van der Waals surface area contributed by atoms with E-state index in [0.29, 0.717) is 6.54 Å². The summed E-state index contributed by atoms with van der Waals surface area (Å²) in [4.78, 5) is 7.00. The van der Waals surface area contributed by atoms with Gasteiger partial charge in [-0.1, -0.05) is 31.2 Å². The molecule has 0 bridgehead atoms. The summed E-state index contributed by atoms with van der Waals surface area (Å²) in [5.41, 5.74) is 11.8. The molecular formula is C18H25N3. The predicted octanol–water partition coefficient (Wildman–Crippen LogP) is 3.18. The van der Waals surface area contributed by atoms with Gasteiger partial charge in [-0.3, -0.25) is 9.88 Å². The van der Waals surface area contributed by atoms with Crippen LogP contribution in [0.3, 0.4) is 0 Å². The number of aryl methyl sites for hydroxylation is 2. The first-order chi connectivity index (χ1) is 10.1. The van der Waals surface area contributed by atoms with Crippen LogP contribution in [0, 0.1) is 13.8 Å². The van der Waals surface area contributed by atoms with E-state index < -0.39 is 0 Å². The lowest BCUT2D eigenvalue weighted by Gasteiger charge is -2.21. The second-order valence-corrected chi connectivity index (χ2v) is 5.54. The van der Waals surface area contributed by atoms with E-state index in [2.05, 4.69) is 54.1 Å². The van der Waals surface area contributed by atoms with Crippen LogP contribution >= 0.6 is 0 Å². The molecule has 21 heavy (non-hydrogen) atoms. The first kappa shape index (κ1) is 15.7. The zero-order chi connectivity index (χ0) is 15.2. The maximum atomic E-state index is 5.69. The van der Waals surface area contributed by atoms with Gasteiger partial charge in [0, 0.05) is 25.3 Å². The number of aromatic nitrogens is 1. The molecule has 0 unspecified atom stereocenters. The summed E-state index contributed by atoms with van der Waals surface area (Å²) in [6, 6.07) is 12.7. The summed E-state index contributed by atoms with van der Waals surface area (Å²) in [6.45, 7) is 9.83. The van der Waals surface area contributed by atoms with Crippen LogP contribution in [0.2, 0.25) is 0 Å². The lowest BCUT2D eigenvalue weighted by Crippen LogP contribution is -2.23. The SMILES string of the molecule is CCN(Cc1cccc(C)n1)Cc1ccc(CN)cc1C. The van der Waals surface area contributed by atoms with E-state index in [1.165, 1.54) is 16.7 Å². The lowest BCUT2D eigenvalue weighted by molar-refractivity contribution is 0.267. The lowest BCUT2D eigenvalue weighted by atomic mass is 10.0. The molecule has 0 fully saturated rings. The number of hydrogen-bond acceptors (Lipinski definition) is 3. The van der Waals surface area contributed by atoms with Gasteiger partial charge in [-0.25, -0.2) is 0 Å². The highest BCUT2D eigenvalue weighted by Gasteiger charge is 2.08. The van der Waals surface area contributed by atoms with Gasteiger partial charge in [-0.15, -0.1) is 0 Å². The summed E-state index contributed by atoms with van der Waals surface area (Å²) < 4.78 is 0. The van der Waals surface area contributed by atoms with Crippen LogP contribution in [0.1, 0.15) is 35.0 Å². The molecule has 0 aliphatic rings. The van der Waals surface area contributed by atoms with Crippen LogP contribution < -0.4 is 5.73 Å². The zero-order valence-corrected chi connectivity index (χ0v) is 13.3. The molecular weight excluding hydrogens is 258 g/mol. The van der Waals surface area contributed by atoms with Crippen molar-refractivity contribution in [2.75, 3.05) is 6.54 Å². The second-order valence-electron chi connectivity index (χ2n) is 5.54. The number of nitrogens with two attached hydrogens (primary N) is 1. The van der Waals surface area contributed by atoms with E-state index in [1.807, 2.05) is 13.0 Å². The summed E-state index contributed by atoms with van der Waals surface area (Å²) in [5, 5.41) is 0. The van der Waals surface area contributed by atoms with Crippen molar-refractivity contribution in [2.45, 2.75) is 40.4 Å². The van der Waals surface area contributed by atoms with E-state index in [-0.39, 0.29) is 0 Å². The minimum absolute atomic E-state index is 0.603. The molecule has 0 aliphatic heterocycles. The molecule has 1 aromatic heterocycles. The Morgan fingerprint density at radius 3 is 2.52 bits per heavy atom. The summed E-state index contributed by atoms with van der Waals surface area (Å²) in [6.07, 6.45) is 0. The van der Waals surface area contributed by atoms with Crippen molar-refractivity contribution in [2.24, 2.45) is 5.73 Å². The van der Waals surface area contributed by atoms with Gasteiger partial charge < -0.3 is 5.73 Å². The fraction of sp³-hybridized carbons (Fsp3) is 0.389. The first-order valence-electron chi connectivity index (χ1n) is 7.55. The van der Waals surface area contributed by atoms with Gasteiger partial charge in [-0.05, 0) is 49.2 Å². The van der Waals surface area contributed by atoms with E-state index in [1.54, 1.807) is 0 Å². The quantitative estimate of drug-likeness (QED) is 0.885. The molecule has 1 aromatic carbocycles. The van der Waals surface area contributed by atoms with Gasteiger partial charge in [0.15, 0.2) is 0 Å². The van der Waals surface area contributed by atoms with Crippen molar-refractivity contribution in [3.63, 3.8) is 0 Å². The number of nitrogens with zero attached hydrogens (tertiary/aromatic N) is 2. The Morgan fingerprint density at radius 2 is 1.90 bits per heavy atom. The number of rotatable bonds is 6. The highest BCUT2D eigenvalue weighted by Crippen LogP contribution is 2.15. The molecule has 112 valence electrons. The first-order valence-corrected chi connectivity index (χ1v) is 7.55. The Hall–Kier alpha value is -1.71. The normalized spacial score (nSPS) is 11.1. The highest BCUT2D eigenvalue weighted by atomic mass is 15.1. The summed E-state index contributed by atoms with van der Waals surface area (Å²) >= 11 is 0. The minimum atomic E-state index is 0.603. The molecule has 0 atom stereocenters. The standard InChI is InChI=1S/C18H25N3/c1-4-21(13-18-7-5-6-15(3)20-18)12-17-9-8-16(11-19)10-14(17)2/h5-10H,4,11-13,19H2,1-3H3. The molecule has 0 saturated carbocycles. The molecule has 0 aliphatic carbocycles. The number of benzene rings is 1. The van der Waals surface area contributed by atoms with Gasteiger partial charge in [0.1, 0.15) is 0 Å². The third-order valence-corrected chi connectivity index (χ3v) is 3.82. The Kier molecular flexibility index (Phi) is 5.48. The van der Waals surface area contributed by atoms with Crippen molar-refractivity contribution >= 4 is 0 Å². The maximum absolute atomic E-state index is 5.69. The number of hydrogen-bond donors (Lipinski definition) is 1. The summed E-state index contributed by atoms with van der Waals surface area (Å²) in [5.74, 6) is 0. The molecule has 1 heterocycles. The van der Waals surface area contributed by atoms with Gasteiger partial charge in [-0.2, -0.15) is 0 Å². The van der Waals surface area contributed by atoms with Crippen molar-refractivity contribution < 1.29 is 0 Å². The van der Waals surface area contributed by atoms with Gasteiger partial charge in [0.2, 0.25) is 0 Å². The predicted molar refractivity (Wildman–Crippen MR) is 87.8 cm³/mol. The third kappa shape index (κ3) is 4.38. The topological polar surface area (TPSA) is 42.2 Å². The van der Waals surface area contributed by atoms with Crippen LogP contribution in [0.4, 0.5) is 0 Å². The van der Waals surface area contributed by atoms with Gasteiger partial charge in [0.25, 0.3) is 0 Å². The molecule has 0 saturated heterocycles. The van der Waals surface area contributed by atoms with Crippen LogP contribution in [-0.4, -0.2) is 16.4 Å². The van der Waals surface area contributed by atoms with Crippen molar-refractivity contribution in [3.05, 3.63) is 64.5 Å². The van der Waals surface area contributed by atoms with Crippen LogP contribution in [0.25, 0.3) is 0 Å². The van der Waals surface area contributed by atoms with E-state index in [0.717, 1.165) is 31.0 Å². The van der Waals surface area contributed by atoms with E-state index in [9.17, 15) is 0 Å². The molecule has 2 aromatic rings. The fourth-order valence-corrected chi connectivity index (χ4v) is 2.50. The largest absolute Gasteiger partial charge is 0.326 e. The molecule has 3 nitrogen and oxygen atoms in total. The van der Waals surface area contributed by atoms with E-state index >= 15 is 0 Å². The Morgan fingerprint density at radius 1 is 1.10 bits per heavy atom. The molecule has 2 N–H and O–H groups in total. The Bertz CT molecular complexity index is 593. The van der Waals surface area contributed by atoms with Crippen LogP contribution in [0.5, 0.6) is 0 Å². The van der Waals surface area contributed by atoms with Crippen molar-refractivity contribution in [1.29, 1.82) is 0 Å². The zero-order valence-electron chi connectivity index (χ0n) is 13.3. The highest BCUT2D eigenvalue weighted by molar-refractivity contribution is 5.31. The average Bonchev–Trinajstić information content (AvgIpc) is 2.48. The molecule has 0 radical (unpaired) electrons. The average molecular weight is 283 g/mol. The minimum Gasteiger partial charge on any atom is -0.326 e. The molecule has 0 spiro atoms. The van der Waals surface area contributed by atoms with Crippen molar-refractivity contribution in [3.8, 4) is 0 Å². The monoisotopic (exact) mass is 283 g/mol. The van der Waals surface area contributed by atoms with Gasteiger partial charge in [0.05, 0.1) is 5.69 Å². The molecule has 2 rings (SSSR count). The summed E-state index contributed by atoms with van der Waals surface area (Å²) in [7, 11) is 0. The molecule has 3 heteroatoms. The Balaban J connectivity index is 2.08. The second kappa shape index (κ2) is 7.34. The Labute approximate surface area is 127 Å². The van der Waals surface area contributed by atoms with Crippen LogP contribution in [0.15, 0.2) is 36.4 Å². The smallest absolute Gasteiger partial charge is 0.0547 e. The maximum Gasteiger partial charge on any atom is 0.0547 e. The number of pyridine rings is 1. The van der Waals surface area contributed by atoms with Crippen molar-refractivity contribution in [1.82, 2.24) is 9.88 Å². The van der Waals surface area contributed by atoms with E-state index in [4.69, 9.17) is 5.73 Å². The van der Waals surface area contributed by atoms with Gasteiger partial charge >= 0.3 is 0 Å². The fourth-order valence-electron chi connectivity index (χ4n) is 2.50.